The zero-order chi connectivity index (χ0) is 25.7. The molecule has 6 nitrogen and oxygen atoms in total. The molecular weight excluding hydrogens is 475 g/mol. The number of rotatable bonds is 10. The maximum absolute atomic E-state index is 11.6. The number of benzene rings is 3. The predicted molar refractivity (Wildman–Crippen MR) is 139 cm³/mol. The second-order valence-corrected chi connectivity index (χ2v) is 11.2. The highest BCUT2D eigenvalue weighted by Crippen LogP contribution is 2.49. The molecule has 2 N–H and O–H groups in total. The highest BCUT2D eigenvalue weighted by molar-refractivity contribution is 7.51. The molecule has 0 unspecified atom stereocenters. The highest BCUT2D eigenvalue weighted by atomic mass is 31.2. The van der Waals surface area contributed by atoms with E-state index < -0.39 is 19.2 Å². The Labute approximate surface area is 213 Å². The summed E-state index contributed by atoms with van der Waals surface area (Å²) in [4.78, 5) is 18.9. The Kier molecular flexibility index (Phi) is 8.46. The van der Waals surface area contributed by atoms with Gasteiger partial charge in [0.1, 0.15) is 5.60 Å². The highest BCUT2D eigenvalue weighted by Gasteiger charge is 2.51. The van der Waals surface area contributed by atoms with Crippen LogP contribution in [0.2, 0.25) is 0 Å². The van der Waals surface area contributed by atoms with Crippen LogP contribution in [0.5, 0.6) is 0 Å². The first kappa shape index (κ1) is 26.7. The molecule has 1 fully saturated rings. The van der Waals surface area contributed by atoms with Gasteiger partial charge in [-0.1, -0.05) is 91.0 Å². The summed E-state index contributed by atoms with van der Waals surface area (Å²) in [7, 11) is -0.867. The van der Waals surface area contributed by atoms with E-state index in [1.54, 1.807) is 14.2 Å². The van der Waals surface area contributed by atoms with Crippen molar-refractivity contribution in [2.45, 2.75) is 37.3 Å². The Hall–Kier alpha value is -2.31. The van der Waals surface area contributed by atoms with Crippen LogP contribution < -0.4 is 0 Å². The van der Waals surface area contributed by atoms with E-state index in [9.17, 15) is 14.4 Å². The van der Waals surface area contributed by atoms with Crippen LogP contribution in [0.25, 0.3) is 0 Å². The fraction of sp³-hybridized carbons (Fsp3) is 0.379. The van der Waals surface area contributed by atoms with Crippen LogP contribution >= 0.6 is 7.60 Å². The van der Waals surface area contributed by atoms with Crippen molar-refractivity contribution in [2.75, 3.05) is 20.4 Å². The minimum absolute atomic E-state index is 0.0318. The van der Waals surface area contributed by atoms with Gasteiger partial charge in [-0.25, -0.2) is 0 Å². The van der Waals surface area contributed by atoms with Crippen molar-refractivity contribution >= 4 is 7.60 Å². The fourth-order valence-corrected chi connectivity index (χ4v) is 6.56. The largest absolute Gasteiger partial charge is 0.331 e. The summed E-state index contributed by atoms with van der Waals surface area (Å²) < 4.78 is 30.9. The van der Waals surface area contributed by atoms with Gasteiger partial charge in [-0.3, -0.25) is 4.57 Å². The van der Waals surface area contributed by atoms with Crippen molar-refractivity contribution in [3.63, 3.8) is 0 Å². The summed E-state index contributed by atoms with van der Waals surface area (Å²) in [5, 5.41) is 0. The van der Waals surface area contributed by atoms with E-state index in [1.807, 2.05) is 91.0 Å². The molecule has 0 spiro atoms. The molecule has 1 aliphatic rings. The Bertz CT molecular complexity index is 1020. The van der Waals surface area contributed by atoms with Crippen LogP contribution in [0, 0.1) is 11.8 Å². The molecular formula is C29H35O6P. The van der Waals surface area contributed by atoms with E-state index in [0.717, 1.165) is 16.7 Å². The molecule has 1 aliphatic carbocycles. The van der Waals surface area contributed by atoms with E-state index in [-0.39, 0.29) is 18.0 Å². The first-order valence-electron chi connectivity index (χ1n) is 12.3. The predicted octanol–water partition coefficient (Wildman–Crippen LogP) is 5.93. The van der Waals surface area contributed by atoms with Gasteiger partial charge < -0.3 is 24.0 Å². The topological polar surface area (TPSA) is 85.2 Å². The number of methoxy groups -OCH3 is 2. The minimum atomic E-state index is -4.06. The molecule has 0 heterocycles. The summed E-state index contributed by atoms with van der Waals surface area (Å²) in [6.07, 6.45) is 2.59. The Morgan fingerprint density at radius 1 is 0.722 bits per heavy atom. The first-order chi connectivity index (χ1) is 17.3. The number of hydrogen-bond acceptors (Lipinski definition) is 4. The van der Waals surface area contributed by atoms with Gasteiger partial charge >= 0.3 is 7.60 Å². The molecule has 0 radical (unpaired) electrons. The molecule has 0 aliphatic heterocycles. The summed E-state index contributed by atoms with van der Waals surface area (Å²) >= 11 is 0. The number of hydrogen-bond donors (Lipinski definition) is 2. The molecule has 7 heteroatoms. The third-order valence-corrected chi connectivity index (χ3v) is 8.24. The summed E-state index contributed by atoms with van der Waals surface area (Å²) in [5.41, 5.74) is 1.79. The van der Waals surface area contributed by atoms with E-state index in [2.05, 4.69) is 0 Å². The molecule has 36 heavy (non-hydrogen) atoms. The van der Waals surface area contributed by atoms with Gasteiger partial charge in [0.15, 0.2) is 0 Å². The van der Waals surface area contributed by atoms with E-state index in [1.165, 1.54) is 0 Å². The standard InChI is InChI=1S/C29H35O6P/c1-33-29(34-2,27-20-18-23(19-21-27)22-36(30,31)32)35-28(24-12-6-3-7-13-24,25-14-8-4-9-15-25)26-16-10-5-11-17-26/h3-17,23,27H,18-22H2,1-2H3,(H2,30,31,32). The van der Waals surface area contributed by atoms with Gasteiger partial charge in [0.05, 0.1) is 6.16 Å². The fourth-order valence-electron chi connectivity index (χ4n) is 5.53. The van der Waals surface area contributed by atoms with E-state index in [0.29, 0.717) is 25.7 Å². The quantitative estimate of drug-likeness (QED) is 0.200. The van der Waals surface area contributed by atoms with Crippen molar-refractivity contribution in [1.82, 2.24) is 0 Å². The maximum atomic E-state index is 11.6. The lowest BCUT2D eigenvalue weighted by Crippen LogP contribution is -2.52. The molecule has 0 amide bonds. The van der Waals surface area contributed by atoms with Gasteiger partial charge in [-0.2, -0.15) is 0 Å². The van der Waals surface area contributed by atoms with Gasteiger partial charge in [0.2, 0.25) is 0 Å². The second-order valence-electron chi connectivity index (χ2n) is 9.46. The molecule has 3 aromatic rings. The van der Waals surface area contributed by atoms with Crippen LogP contribution in [0.15, 0.2) is 91.0 Å². The Balaban J connectivity index is 1.80. The summed E-state index contributed by atoms with van der Waals surface area (Å²) in [5.74, 6) is -1.54. The van der Waals surface area contributed by atoms with Gasteiger partial charge in [0.25, 0.3) is 5.97 Å². The molecule has 0 atom stereocenters. The average molecular weight is 511 g/mol. The lowest BCUT2D eigenvalue weighted by Gasteiger charge is -2.47. The van der Waals surface area contributed by atoms with Crippen molar-refractivity contribution in [2.24, 2.45) is 11.8 Å². The Morgan fingerprint density at radius 3 is 1.44 bits per heavy atom. The van der Waals surface area contributed by atoms with Crippen molar-refractivity contribution in [3.05, 3.63) is 108 Å². The van der Waals surface area contributed by atoms with E-state index in [4.69, 9.17) is 14.2 Å². The summed E-state index contributed by atoms with van der Waals surface area (Å²) in [6, 6.07) is 30.2. The van der Waals surface area contributed by atoms with Crippen LogP contribution in [0.1, 0.15) is 42.4 Å². The zero-order valence-electron chi connectivity index (χ0n) is 20.8. The van der Waals surface area contributed by atoms with Gasteiger partial charge in [-0.05, 0) is 48.3 Å². The van der Waals surface area contributed by atoms with Gasteiger partial charge in [0, 0.05) is 20.1 Å². The van der Waals surface area contributed by atoms with Crippen LogP contribution in [-0.4, -0.2) is 36.1 Å². The molecule has 1 saturated carbocycles. The monoisotopic (exact) mass is 510 g/mol. The second kappa shape index (κ2) is 11.4. The maximum Gasteiger partial charge on any atom is 0.325 e. The lowest BCUT2D eigenvalue weighted by molar-refractivity contribution is -0.414. The molecule has 0 saturated heterocycles. The van der Waals surface area contributed by atoms with Crippen LogP contribution in [0.4, 0.5) is 0 Å². The number of ether oxygens (including phenoxy) is 3. The third-order valence-electron chi connectivity index (χ3n) is 7.25. The SMILES string of the molecule is COC(OC)(OC(c1ccccc1)(c1ccccc1)c1ccccc1)C1CCC(CP(=O)(O)O)CC1. The van der Waals surface area contributed by atoms with Crippen LogP contribution in [-0.2, 0) is 24.4 Å². The normalized spacial score (nSPS) is 19.2. The third kappa shape index (κ3) is 5.65. The minimum Gasteiger partial charge on any atom is -0.331 e. The smallest absolute Gasteiger partial charge is 0.325 e. The summed E-state index contributed by atoms with van der Waals surface area (Å²) in [6.45, 7) is 0. The molecule has 4 rings (SSSR count). The Morgan fingerprint density at radius 2 is 1.11 bits per heavy atom. The molecule has 192 valence electrons. The molecule has 3 aromatic carbocycles. The average Bonchev–Trinajstić information content (AvgIpc) is 2.91. The van der Waals surface area contributed by atoms with Crippen LogP contribution in [0.3, 0.4) is 0 Å². The van der Waals surface area contributed by atoms with Crippen molar-refractivity contribution < 1.29 is 28.6 Å². The van der Waals surface area contributed by atoms with Gasteiger partial charge in [-0.15, -0.1) is 0 Å². The van der Waals surface area contributed by atoms with Crippen molar-refractivity contribution in [1.29, 1.82) is 0 Å². The zero-order valence-corrected chi connectivity index (χ0v) is 21.7. The molecule has 0 bridgehead atoms. The first-order valence-corrected chi connectivity index (χ1v) is 14.1. The van der Waals surface area contributed by atoms with E-state index >= 15 is 0 Å². The van der Waals surface area contributed by atoms with Crippen molar-refractivity contribution in [3.8, 4) is 0 Å². The lowest BCUT2D eigenvalue weighted by atomic mass is 9.78. The molecule has 0 aromatic heterocycles.